The topological polar surface area (TPSA) is 139 Å². The van der Waals surface area contributed by atoms with Crippen molar-refractivity contribution >= 4 is 23.6 Å². The van der Waals surface area contributed by atoms with Crippen molar-refractivity contribution in [3.05, 3.63) is 334 Å². The Morgan fingerprint density at radius 3 is 1.39 bits per heavy atom. The molecule has 1 aliphatic heterocycles. The van der Waals surface area contributed by atoms with Crippen molar-refractivity contribution in [1.82, 2.24) is 10.2 Å². The number of esters is 2. The fourth-order valence-corrected chi connectivity index (χ4v) is 8.82. The van der Waals surface area contributed by atoms with Crippen LogP contribution in [0.2, 0.25) is 0 Å². The molecule has 9 aromatic rings. The quantitative estimate of drug-likeness (QED) is 0.0484. The van der Waals surface area contributed by atoms with Gasteiger partial charge in [-0.3, -0.25) is 9.59 Å². The number of ether oxygens (including phenoxy) is 6. The molecule has 1 amide bonds. The number of amides is 1. The third kappa shape index (κ3) is 14.7. The van der Waals surface area contributed by atoms with Crippen molar-refractivity contribution < 1.29 is 47.6 Å². The Hall–Kier alpha value is -10.7. The molecule has 0 unspecified atom stereocenters. The molecule has 82 heavy (non-hydrogen) atoms. The third-order valence-corrected chi connectivity index (χ3v) is 13.0. The lowest BCUT2D eigenvalue weighted by Gasteiger charge is -2.21. The molecule has 1 heterocycles. The van der Waals surface area contributed by atoms with E-state index in [2.05, 4.69) is 5.32 Å². The number of rotatable bonds is 23. The fraction of sp³-hybridized carbons (Fsp3) is 0.0857. The van der Waals surface area contributed by atoms with E-state index in [-0.39, 0.29) is 77.4 Å². The first-order chi connectivity index (χ1) is 40.3. The van der Waals surface area contributed by atoms with Gasteiger partial charge >= 0.3 is 11.9 Å². The molecule has 0 bridgehead atoms. The van der Waals surface area contributed by atoms with E-state index in [1.165, 1.54) is 18.2 Å². The van der Waals surface area contributed by atoms with E-state index in [1.54, 1.807) is 61.0 Å². The number of hydrogen-bond acceptors (Lipinski definition) is 11. The fourth-order valence-electron chi connectivity index (χ4n) is 8.82. The summed E-state index contributed by atoms with van der Waals surface area (Å²) in [6, 6.07) is 71.1. The normalized spacial score (nSPS) is 11.7. The van der Waals surface area contributed by atoms with Gasteiger partial charge in [-0.2, -0.15) is 0 Å². The lowest BCUT2D eigenvalue weighted by molar-refractivity contribution is 0.0468. The zero-order chi connectivity index (χ0) is 56.3. The average molecular weight is 1090 g/mol. The minimum Gasteiger partial charge on any atom is -0.489 e. The molecule has 9 aromatic carbocycles. The number of hydrogen-bond donors (Lipinski definition) is 1. The van der Waals surface area contributed by atoms with Crippen LogP contribution in [-0.4, -0.2) is 28.5 Å². The minimum absolute atomic E-state index is 0.00906. The summed E-state index contributed by atoms with van der Waals surface area (Å²) >= 11 is 0. The molecule has 0 aliphatic carbocycles. The molecule has 0 saturated carbocycles. The Bertz CT molecular complexity index is 3660. The summed E-state index contributed by atoms with van der Waals surface area (Å²) in [5.41, 5.74) is 5.22. The van der Waals surface area contributed by atoms with E-state index in [4.69, 9.17) is 28.4 Å². The maximum atomic E-state index is 15.9. The van der Waals surface area contributed by atoms with Gasteiger partial charge in [0.1, 0.15) is 67.3 Å². The van der Waals surface area contributed by atoms with E-state index in [0.29, 0.717) is 24.5 Å². The maximum Gasteiger partial charge on any atom is 0.343 e. The monoisotopic (exact) mass is 1080 g/mol. The van der Waals surface area contributed by atoms with Crippen LogP contribution >= 0.6 is 0 Å². The van der Waals surface area contributed by atoms with Crippen molar-refractivity contribution in [3.63, 3.8) is 0 Å². The number of benzene rings is 9. The highest BCUT2D eigenvalue weighted by atomic mass is 16.5. The highest BCUT2D eigenvalue weighted by molar-refractivity contribution is 6.19. The van der Waals surface area contributed by atoms with Crippen LogP contribution in [0.25, 0.3) is 0 Å². The summed E-state index contributed by atoms with van der Waals surface area (Å²) in [6.07, 6.45) is 6.79. The second-order valence-electron chi connectivity index (χ2n) is 19.0. The van der Waals surface area contributed by atoms with Gasteiger partial charge in [-0.05, 0) is 94.1 Å². The Morgan fingerprint density at radius 1 is 0.415 bits per heavy atom. The molecule has 12 heteroatoms. The van der Waals surface area contributed by atoms with E-state index >= 15 is 4.79 Å². The van der Waals surface area contributed by atoms with Crippen molar-refractivity contribution in [1.29, 1.82) is 0 Å². The molecular weight excluding hydrogens is 1030 g/mol. The SMILES string of the molecule is O=C(NC1=CN(Cc2ccccc2)C=CC=C1OC(=O)c1cc(OCc2ccccc2)c(C(=O)c2c(OCc3ccccc3)cccc2C(=O)OCc2ccccc2)c(OCc2ccccc2)c1)c1ccc(OCc2ccccc2)cc1. The van der Waals surface area contributed by atoms with E-state index in [9.17, 15) is 14.4 Å². The van der Waals surface area contributed by atoms with Gasteiger partial charge in [0.05, 0.1) is 16.7 Å². The van der Waals surface area contributed by atoms with Crippen LogP contribution < -0.4 is 24.3 Å². The number of allylic oxidation sites excluding steroid dienone is 2. The van der Waals surface area contributed by atoms with Crippen LogP contribution in [0, 0.1) is 0 Å². The second kappa shape index (κ2) is 27.2. The predicted molar refractivity (Wildman–Crippen MR) is 312 cm³/mol. The van der Waals surface area contributed by atoms with Crippen LogP contribution in [0.15, 0.2) is 273 Å². The van der Waals surface area contributed by atoms with Crippen LogP contribution in [0.3, 0.4) is 0 Å². The van der Waals surface area contributed by atoms with Crippen molar-refractivity contribution in [3.8, 4) is 23.0 Å². The summed E-state index contributed by atoms with van der Waals surface area (Å²) in [6.45, 7) is 0.696. The van der Waals surface area contributed by atoms with Crippen LogP contribution in [-0.2, 0) is 49.1 Å². The molecule has 12 nitrogen and oxygen atoms in total. The number of ketones is 1. The lowest BCUT2D eigenvalue weighted by atomic mass is 9.94. The maximum absolute atomic E-state index is 15.9. The Labute approximate surface area is 475 Å². The number of carbonyl (C=O) groups excluding carboxylic acids is 4. The molecule has 0 atom stereocenters. The van der Waals surface area contributed by atoms with E-state index in [0.717, 1.165) is 33.4 Å². The van der Waals surface area contributed by atoms with Gasteiger partial charge in [0.15, 0.2) is 5.76 Å². The summed E-state index contributed by atoms with van der Waals surface area (Å²) in [4.78, 5) is 61.2. The van der Waals surface area contributed by atoms with Crippen molar-refractivity contribution in [2.24, 2.45) is 0 Å². The first kappa shape index (κ1) is 54.6. The van der Waals surface area contributed by atoms with Crippen LogP contribution in [0.5, 0.6) is 23.0 Å². The molecule has 406 valence electrons. The van der Waals surface area contributed by atoms with Crippen LogP contribution in [0.1, 0.15) is 80.4 Å². The molecule has 0 radical (unpaired) electrons. The third-order valence-electron chi connectivity index (χ3n) is 13.0. The largest absolute Gasteiger partial charge is 0.489 e. The molecular formula is C70H56N2O10. The summed E-state index contributed by atoms with van der Waals surface area (Å²) in [5, 5.41) is 2.99. The Morgan fingerprint density at radius 2 is 0.878 bits per heavy atom. The number of carbonyl (C=O) groups is 4. The molecule has 0 saturated heterocycles. The highest BCUT2D eigenvalue weighted by Gasteiger charge is 2.32. The number of nitrogens with zero attached hydrogens (tertiary/aromatic N) is 1. The molecule has 1 N–H and O–H groups in total. The standard InChI is InChI=1S/C70H56N2O10/c73-67(65-59(70(76)81-49-55-31-17-6-18-32-55)33-19-34-62(65)78-46-52-25-11-3-12-26-52)66-63(79-47-53-27-13-4-14-28-53)41-57(42-64(66)80-48-54-29-15-5-16-30-54)69(75)82-61-35-20-40-72(43-50-21-7-1-8-22-50)44-60(61)71-68(74)56-36-38-58(39-37-56)77-45-51-23-9-2-10-24-51/h1-42,44H,43,45-49H2,(H,71,74). The van der Waals surface area contributed by atoms with Gasteiger partial charge in [-0.1, -0.05) is 188 Å². The first-order valence-corrected chi connectivity index (χ1v) is 26.6. The van der Waals surface area contributed by atoms with Gasteiger partial charge in [0.25, 0.3) is 5.91 Å². The zero-order valence-electron chi connectivity index (χ0n) is 44.6. The van der Waals surface area contributed by atoms with Gasteiger partial charge in [-0.25, -0.2) is 9.59 Å². The van der Waals surface area contributed by atoms with Gasteiger partial charge < -0.3 is 38.6 Å². The predicted octanol–water partition coefficient (Wildman–Crippen LogP) is 13.9. The highest BCUT2D eigenvalue weighted by Crippen LogP contribution is 2.39. The molecule has 0 fully saturated rings. The van der Waals surface area contributed by atoms with Crippen molar-refractivity contribution in [2.75, 3.05) is 0 Å². The smallest absolute Gasteiger partial charge is 0.343 e. The summed E-state index contributed by atoms with van der Waals surface area (Å²) < 4.78 is 37.7. The van der Waals surface area contributed by atoms with Crippen LogP contribution in [0.4, 0.5) is 0 Å². The van der Waals surface area contributed by atoms with Gasteiger partial charge in [0, 0.05) is 24.5 Å². The van der Waals surface area contributed by atoms with Crippen molar-refractivity contribution in [2.45, 2.75) is 39.6 Å². The summed E-state index contributed by atoms with van der Waals surface area (Å²) in [5.74, 6) is -2.26. The Kier molecular flexibility index (Phi) is 18.1. The van der Waals surface area contributed by atoms with Gasteiger partial charge in [-0.15, -0.1) is 0 Å². The molecule has 10 rings (SSSR count). The van der Waals surface area contributed by atoms with Gasteiger partial charge in [0.2, 0.25) is 5.78 Å². The second-order valence-corrected chi connectivity index (χ2v) is 19.0. The lowest BCUT2D eigenvalue weighted by Crippen LogP contribution is -2.27. The average Bonchev–Trinajstić information content (AvgIpc) is 3.80. The van der Waals surface area contributed by atoms with E-state index < -0.39 is 23.6 Å². The molecule has 1 aliphatic rings. The zero-order valence-corrected chi connectivity index (χ0v) is 44.6. The Balaban J connectivity index is 1.02. The molecule has 0 aromatic heterocycles. The van der Waals surface area contributed by atoms with E-state index in [1.807, 2.05) is 187 Å². The molecule has 0 spiro atoms. The first-order valence-electron chi connectivity index (χ1n) is 26.6. The summed E-state index contributed by atoms with van der Waals surface area (Å²) in [7, 11) is 0. The number of nitrogens with one attached hydrogen (secondary N) is 1. The minimum atomic E-state index is -0.874.